The number of hydrogen-bond acceptors (Lipinski definition) is 5. The van der Waals surface area contributed by atoms with Crippen molar-refractivity contribution in [3.8, 4) is 5.75 Å². The molecular weight excluding hydrogens is 340 g/mol. The maximum atomic E-state index is 11.4. The molecule has 1 amide bonds. The molecule has 2 aromatic carbocycles. The maximum Gasteiger partial charge on any atom is 0.322 e. The Morgan fingerprint density at radius 1 is 1.12 bits per heavy atom. The van der Waals surface area contributed by atoms with E-state index in [9.17, 15) is 19.7 Å². The molecule has 134 valence electrons. The summed E-state index contributed by atoms with van der Waals surface area (Å²) >= 11 is 0. The van der Waals surface area contributed by atoms with Gasteiger partial charge in [-0.05, 0) is 41.5 Å². The zero-order valence-corrected chi connectivity index (χ0v) is 13.6. The van der Waals surface area contributed by atoms with Gasteiger partial charge < -0.3 is 15.2 Å². The van der Waals surface area contributed by atoms with Crippen LogP contribution in [0.15, 0.2) is 54.6 Å². The zero-order valence-electron chi connectivity index (χ0n) is 13.6. The fourth-order valence-corrected chi connectivity index (χ4v) is 1.95. The Morgan fingerprint density at radius 2 is 1.77 bits per heavy atom. The van der Waals surface area contributed by atoms with Crippen molar-refractivity contribution >= 4 is 23.6 Å². The number of nitrogens with zero attached hydrogens (tertiary/aromatic N) is 1. The molecule has 0 unspecified atom stereocenters. The summed E-state index contributed by atoms with van der Waals surface area (Å²) in [6.07, 6.45) is 2.80. The van der Waals surface area contributed by atoms with E-state index in [1.807, 2.05) is 0 Å². The highest BCUT2D eigenvalue weighted by atomic mass is 16.6. The summed E-state index contributed by atoms with van der Waals surface area (Å²) < 4.78 is 5.60. The minimum absolute atomic E-state index is 0.0253. The number of benzene rings is 2. The molecular formula is C18H16N2O6. The Labute approximate surface area is 148 Å². The molecule has 8 heteroatoms. The summed E-state index contributed by atoms with van der Waals surface area (Å²) in [7, 11) is 0. The molecule has 0 saturated heterocycles. The Kier molecular flexibility index (Phi) is 6.44. The molecule has 2 N–H and O–H groups in total. The predicted molar refractivity (Wildman–Crippen MR) is 93.5 cm³/mol. The van der Waals surface area contributed by atoms with E-state index in [4.69, 9.17) is 9.84 Å². The molecule has 0 aliphatic rings. The molecule has 0 aliphatic carbocycles. The molecule has 8 nitrogen and oxygen atoms in total. The lowest BCUT2D eigenvalue weighted by Gasteiger charge is -2.06. The van der Waals surface area contributed by atoms with E-state index in [2.05, 4.69) is 5.32 Å². The van der Waals surface area contributed by atoms with Crippen molar-refractivity contribution in [3.05, 3.63) is 75.8 Å². The second kappa shape index (κ2) is 8.97. The lowest BCUT2D eigenvalue weighted by Crippen LogP contribution is -2.27. The first-order chi connectivity index (χ1) is 12.4. The lowest BCUT2D eigenvalue weighted by atomic mass is 10.2. The van der Waals surface area contributed by atoms with Crippen molar-refractivity contribution in [3.63, 3.8) is 0 Å². The van der Waals surface area contributed by atoms with Crippen LogP contribution >= 0.6 is 0 Å². The molecule has 2 rings (SSSR count). The number of carboxylic acid groups (broad SMARTS) is 1. The highest BCUT2D eigenvalue weighted by Crippen LogP contribution is 2.17. The van der Waals surface area contributed by atoms with Crippen LogP contribution in [0.2, 0.25) is 0 Å². The normalized spacial score (nSPS) is 10.5. The number of amides is 1. The lowest BCUT2D eigenvalue weighted by molar-refractivity contribution is -0.384. The number of nitro benzene ring substituents is 1. The fraction of sp³-hybridized carbons (Fsp3) is 0.111. The molecule has 0 aromatic heterocycles. The third-order valence-corrected chi connectivity index (χ3v) is 3.27. The molecule has 0 bridgehead atoms. The van der Waals surface area contributed by atoms with Gasteiger partial charge in [0.15, 0.2) is 0 Å². The smallest absolute Gasteiger partial charge is 0.322 e. The number of carbonyl (C=O) groups excluding carboxylic acids is 1. The number of carboxylic acids is 1. The Morgan fingerprint density at radius 3 is 2.35 bits per heavy atom. The highest BCUT2D eigenvalue weighted by Gasteiger charge is 2.04. The van der Waals surface area contributed by atoms with Crippen LogP contribution in [0, 0.1) is 10.1 Å². The fourth-order valence-electron chi connectivity index (χ4n) is 1.95. The van der Waals surface area contributed by atoms with E-state index >= 15 is 0 Å². The van der Waals surface area contributed by atoms with E-state index in [-0.39, 0.29) is 12.3 Å². The van der Waals surface area contributed by atoms with Crippen molar-refractivity contribution < 1.29 is 24.4 Å². The number of hydrogen-bond donors (Lipinski definition) is 2. The van der Waals surface area contributed by atoms with Gasteiger partial charge in [-0.1, -0.05) is 12.1 Å². The summed E-state index contributed by atoms with van der Waals surface area (Å²) in [5.41, 5.74) is 1.57. The quantitative estimate of drug-likeness (QED) is 0.426. The first-order valence-electron chi connectivity index (χ1n) is 7.58. The number of nitrogens with one attached hydrogen (secondary N) is 1. The molecule has 0 heterocycles. The molecule has 2 aromatic rings. The number of carbonyl (C=O) groups is 2. The molecule has 0 atom stereocenters. The first kappa shape index (κ1) is 18.7. The van der Waals surface area contributed by atoms with Gasteiger partial charge in [0.1, 0.15) is 18.9 Å². The third kappa shape index (κ3) is 6.08. The topological polar surface area (TPSA) is 119 Å². The van der Waals surface area contributed by atoms with Gasteiger partial charge in [-0.2, -0.15) is 0 Å². The van der Waals surface area contributed by atoms with Crippen LogP contribution in [-0.4, -0.2) is 28.5 Å². The molecule has 0 saturated carbocycles. The van der Waals surface area contributed by atoms with Gasteiger partial charge in [0, 0.05) is 18.2 Å². The van der Waals surface area contributed by atoms with Gasteiger partial charge in [0.2, 0.25) is 5.91 Å². The summed E-state index contributed by atoms with van der Waals surface area (Å²) in [5.74, 6) is -0.997. The number of rotatable bonds is 8. The van der Waals surface area contributed by atoms with Gasteiger partial charge in [0.25, 0.3) is 5.69 Å². The van der Waals surface area contributed by atoms with Crippen LogP contribution in [0.25, 0.3) is 6.08 Å². The molecule has 0 spiro atoms. The summed E-state index contributed by atoms with van der Waals surface area (Å²) in [4.78, 5) is 31.9. The maximum absolute atomic E-state index is 11.4. The highest BCUT2D eigenvalue weighted by molar-refractivity contribution is 5.93. The van der Waals surface area contributed by atoms with Gasteiger partial charge in [-0.3, -0.25) is 19.7 Å². The van der Waals surface area contributed by atoms with E-state index in [0.29, 0.717) is 5.75 Å². The molecule has 0 fully saturated rings. The average Bonchev–Trinajstić information content (AvgIpc) is 2.64. The largest absolute Gasteiger partial charge is 0.489 e. The van der Waals surface area contributed by atoms with E-state index in [1.54, 1.807) is 42.5 Å². The van der Waals surface area contributed by atoms with Crippen LogP contribution in [0.1, 0.15) is 11.1 Å². The minimum Gasteiger partial charge on any atom is -0.489 e. The van der Waals surface area contributed by atoms with Crippen LogP contribution < -0.4 is 10.1 Å². The average molecular weight is 356 g/mol. The van der Waals surface area contributed by atoms with E-state index < -0.39 is 23.3 Å². The third-order valence-electron chi connectivity index (χ3n) is 3.27. The van der Waals surface area contributed by atoms with Crippen LogP contribution in [0.3, 0.4) is 0 Å². The number of aliphatic carboxylic acids is 1. The molecule has 26 heavy (non-hydrogen) atoms. The van der Waals surface area contributed by atoms with Gasteiger partial charge >= 0.3 is 5.97 Å². The predicted octanol–water partition coefficient (Wildman–Crippen LogP) is 2.39. The van der Waals surface area contributed by atoms with Crippen molar-refractivity contribution in [1.82, 2.24) is 5.32 Å². The van der Waals surface area contributed by atoms with Gasteiger partial charge in [-0.15, -0.1) is 0 Å². The minimum atomic E-state index is -1.11. The van der Waals surface area contributed by atoms with Crippen molar-refractivity contribution in [2.45, 2.75) is 6.61 Å². The standard InChI is InChI=1S/C18H16N2O6/c21-17(19-11-18(22)23)10-5-13-3-8-16(9-4-13)26-12-14-1-6-15(7-2-14)20(24)25/h1-10H,11-12H2,(H,19,21)(H,22,23)/b10-5+. The Bertz CT molecular complexity index is 813. The van der Waals surface area contributed by atoms with Crippen molar-refractivity contribution in [2.24, 2.45) is 0 Å². The zero-order chi connectivity index (χ0) is 18.9. The van der Waals surface area contributed by atoms with E-state index in [0.717, 1.165) is 11.1 Å². The van der Waals surface area contributed by atoms with Gasteiger partial charge in [-0.25, -0.2) is 0 Å². The second-order valence-corrected chi connectivity index (χ2v) is 5.23. The second-order valence-electron chi connectivity index (χ2n) is 5.23. The van der Waals surface area contributed by atoms with Crippen molar-refractivity contribution in [2.75, 3.05) is 6.54 Å². The van der Waals surface area contributed by atoms with Crippen LogP contribution in [-0.2, 0) is 16.2 Å². The summed E-state index contributed by atoms with van der Waals surface area (Å²) in [5, 5.41) is 21.3. The summed E-state index contributed by atoms with van der Waals surface area (Å²) in [6, 6.07) is 13.0. The Hall–Kier alpha value is -3.68. The number of nitro groups is 1. The van der Waals surface area contributed by atoms with Crippen LogP contribution in [0.4, 0.5) is 5.69 Å². The SMILES string of the molecule is O=C(O)CNC(=O)/C=C/c1ccc(OCc2ccc([N+](=O)[O-])cc2)cc1. The first-order valence-corrected chi connectivity index (χ1v) is 7.58. The van der Waals surface area contributed by atoms with E-state index in [1.165, 1.54) is 18.2 Å². The Balaban J connectivity index is 1.86. The van der Waals surface area contributed by atoms with Crippen molar-refractivity contribution in [1.29, 1.82) is 0 Å². The monoisotopic (exact) mass is 356 g/mol. The van der Waals surface area contributed by atoms with Gasteiger partial charge in [0.05, 0.1) is 4.92 Å². The summed E-state index contributed by atoms with van der Waals surface area (Å²) in [6.45, 7) is -0.163. The molecule has 0 aliphatic heterocycles. The number of ether oxygens (including phenoxy) is 1. The number of non-ortho nitro benzene ring substituents is 1. The molecule has 0 radical (unpaired) electrons. The van der Waals surface area contributed by atoms with Crippen LogP contribution in [0.5, 0.6) is 5.75 Å².